The van der Waals surface area contributed by atoms with Gasteiger partial charge in [-0.25, -0.2) is 4.98 Å². The summed E-state index contributed by atoms with van der Waals surface area (Å²) >= 11 is 0. The Bertz CT molecular complexity index is 980. The number of aromatic nitrogens is 3. The number of ketones is 1. The van der Waals surface area contributed by atoms with Crippen LogP contribution in [-0.2, 0) is 4.79 Å². The van der Waals surface area contributed by atoms with Gasteiger partial charge in [-0.05, 0) is 29.5 Å². The van der Waals surface area contributed by atoms with Gasteiger partial charge in [0.15, 0.2) is 0 Å². The predicted molar refractivity (Wildman–Crippen MR) is 112 cm³/mol. The van der Waals surface area contributed by atoms with Gasteiger partial charge in [0.05, 0.1) is 11.9 Å². The van der Waals surface area contributed by atoms with Crippen LogP contribution in [0.15, 0.2) is 48.7 Å². The van der Waals surface area contributed by atoms with Gasteiger partial charge in [-0.3, -0.25) is 4.79 Å². The van der Waals surface area contributed by atoms with E-state index in [1.54, 1.807) is 6.20 Å². The first-order valence-electron chi connectivity index (χ1n) is 10.1. The molecule has 1 unspecified atom stereocenters. The van der Waals surface area contributed by atoms with Gasteiger partial charge < -0.3 is 4.90 Å². The molecule has 3 aromatic rings. The van der Waals surface area contributed by atoms with Crippen LogP contribution in [0, 0.1) is 11.8 Å². The smallest absolute Gasteiger partial charge is 0.245 e. The number of carbonyl (C=O) groups is 1. The van der Waals surface area contributed by atoms with Crippen molar-refractivity contribution in [2.75, 3.05) is 18.0 Å². The Morgan fingerprint density at radius 3 is 2.86 bits per heavy atom. The molecule has 0 spiro atoms. The van der Waals surface area contributed by atoms with E-state index in [4.69, 9.17) is 4.98 Å². The molecule has 1 saturated heterocycles. The molecule has 1 aliphatic heterocycles. The summed E-state index contributed by atoms with van der Waals surface area (Å²) in [6.07, 6.45) is 4.30. The number of benzene rings is 2. The molecule has 0 radical (unpaired) electrons. The molecule has 5 nitrogen and oxygen atoms in total. The maximum absolute atomic E-state index is 12.5. The molecule has 2 aromatic carbocycles. The fourth-order valence-corrected chi connectivity index (χ4v) is 4.00. The van der Waals surface area contributed by atoms with Gasteiger partial charge in [-0.1, -0.05) is 56.3 Å². The quantitative estimate of drug-likeness (QED) is 0.657. The molecule has 2 heterocycles. The predicted octanol–water partition coefficient (Wildman–Crippen LogP) is 4.52. The van der Waals surface area contributed by atoms with Crippen LogP contribution in [0.3, 0.4) is 0 Å². The lowest BCUT2D eigenvalue weighted by molar-refractivity contribution is -0.123. The lowest BCUT2D eigenvalue weighted by Gasteiger charge is -2.32. The molecular weight excluding hydrogens is 348 g/mol. The second-order valence-corrected chi connectivity index (χ2v) is 8.02. The van der Waals surface area contributed by atoms with Crippen LogP contribution in [-0.4, -0.2) is 34.1 Å². The number of hydrogen-bond acceptors (Lipinski definition) is 5. The Balaban J connectivity index is 1.61. The molecule has 1 aliphatic rings. The van der Waals surface area contributed by atoms with E-state index in [9.17, 15) is 4.79 Å². The highest BCUT2D eigenvalue weighted by Gasteiger charge is 2.27. The maximum Gasteiger partial charge on any atom is 0.245 e. The lowest BCUT2D eigenvalue weighted by Crippen LogP contribution is -2.40. The average molecular weight is 374 g/mol. The number of anilines is 1. The Labute approximate surface area is 165 Å². The highest BCUT2D eigenvalue weighted by Crippen LogP contribution is 2.28. The van der Waals surface area contributed by atoms with Gasteiger partial charge in [0.25, 0.3) is 0 Å². The summed E-state index contributed by atoms with van der Waals surface area (Å²) in [6, 6.07) is 14.5. The van der Waals surface area contributed by atoms with Crippen molar-refractivity contribution >= 4 is 22.5 Å². The summed E-state index contributed by atoms with van der Waals surface area (Å²) in [5.74, 6) is 1.45. The molecule has 144 valence electrons. The lowest BCUT2D eigenvalue weighted by atomic mass is 9.89. The molecule has 1 fully saturated rings. The first kappa shape index (κ1) is 18.5. The van der Waals surface area contributed by atoms with Gasteiger partial charge in [-0.2, -0.15) is 5.10 Å². The molecule has 0 amide bonds. The van der Waals surface area contributed by atoms with Gasteiger partial charge in [0.2, 0.25) is 5.95 Å². The number of fused-ring (bicyclic) bond motifs is 1. The van der Waals surface area contributed by atoms with Crippen molar-refractivity contribution in [2.24, 2.45) is 11.8 Å². The van der Waals surface area contributed by atoms with Crippen LogP contribution in [0.1, 0.15) is 33.1 Å². The van der Waals surface area contributed by atoms with Crippen LogP contribution in [0.25, 0.3) is 22.0 Å². The third-order valence-electron chi connectivity index (χ3n) is 5.38. The standard InChI is InChI=1S/C23H26N4O/c1-16(2)13-22(28)18-9-6-12-27(15-18)23-25-21(14-24-26-23)20-11-5-8-17-7-3-4-10-19(17)20/h3-5,7-8,10-11,14,16,18H,6,9,12-13,15H2,1-2H3. The van der Waals surface area contributed by atoms with Gasteiger partial charge in [0, 0.05) is 31.0 Å². The van der Waals surface area contributed by atoms with Crippen LogP contribution in [0.2, 0.25) is 0 Å². The molecular formula is C23H26N4O. The topological polar surface area (TPSA) is 59.0 Å². The molecule has 5 heteroatoms. The van der Waals surface area contributed by atoms with Gasteiger partial charge in [0.1, 0.15) is 5.78 Å². The first-order valence-corrected chi connectivity index (χ1v) is 10.1. The van der Waals surface area contributed by atoms with Crippen molar-refractivity contribution in [3.05, 3.63) is 48.7 Å². The Kier molecular flexibility index (Phi) is 5.33. The highest BCUT2D eigenvalue weighted by molar-refractivity contribution is 5.95. The molecule has 0 saturated carbocycles. The summed E-state index contributed by atoms with van der Waals surface area (Å²) in [5, 5.41) is 10.8. The zero-order chi connectivity index (χ0) is 19.5. The summed E-state index contributed by atoms with van der Waals surface area (Å²) in [6.45, 7) is 5.75. The normalized spacial score (nSPS) is 17.2. The largest absolute Gasteiger partial charge is 0.339 e. The van der Waals surface area contributed by atoms with Gasteiger partial charge in [-0.15, -0.1) is 5.10 Å². The fraction of sp³-hybridized carbons (Fsp3) is 0.391. The maximum atomic E-state index is 12.5. The van der Waals surface area contributed by atoms with E-state index >= 15 is 0 Å². The monoisotopic (exact) mass is 374 g/mol. The Morgan fingerprint density at radius 1 is 1.18 bits per heavy atom. The zero-order valence-corrected chi connectivity index (χ0v) is 16.5. The molecule has 0 bridgehead atoms. The Morgan fingerprint density at radius 2 is 2.00 bits per heavy atom. The van der Waals surface area contributed by atoms with E-state index in [0.29, 0.717) is 30.6 Å². The van der Waals surface area contributed by atoms with Crippen molar-refractivity contribution in [2.45, 2.75) is 33.1 Å². The number of Topliss-reactive ketones (excluding diaryl/α,β-unsaturated/α-hetero) is 1. The third kappa shape index (κ3) is 3.88. The van der Waals surface area contributed by atoms with Crippen LogP contribution < -0.4 is 4.90 Å². The van der Waals surface area contributed by atoms with Crippen LogP contribution >= 0.6 is 0 Å². The van der Waals surface area contributed by atoms with E-state index in [1.807, 2.05) is 18.2 Å². The van der Waals surface area contributed by atoms with Crippen LogP contribution in [0.4, 0.5) is 5.95 Å². The van der Waals surface area contributed by atoms with Gasteiger partial charge >= 0.3 is 0 Å². The minimum Gasteiger partial charge on any atom is -0.339 e. The summed E-state index contributed by atoms with van der Waals surface area (Å²) < 4.78 is 0. The molecule has 0 aliphatic carbocycles. The zero-order valence-electron chi connectivity index (χ0n) is 16.5. The minimum atomic E-state index is 0.0703. The number of nitrogens with zero attached hydrogens (tertiary/aromatic N) is 4. The van der Waals surface area contributed by atoms with Crippen molar-refractivity contribution in [3.8, 4) is 11.3 Å². The average Bonchev–Trinajstić information content (AvgIpc) is 2.73. The highest BCUT2D eigenvalue weighted by atomic mass is 16.1. The van der Waals surface area contributed by atoms with Crippen molar-refractivity contribution < 1.29 is 4.79 Å². The summed E-state index contributed by atoms with van der Waals surface area (Å²) in [5.41, 5.74) is 1.87. The van der Waals surface area contributed by atoms with E-state index in [-0.39, 0.29) is 5.92 Å². The van der Waals surface area contributed by atoms with Crippen LogP contribution in [0.5, 0.6) is 0 Å². The second kappa shape index (κ2) is 8.05. The SMILES string of the molecule is CC(C)CC(=O)C1CCCN(c2nncc(-c3cccc4ccccc34)n2)C1. The number of rotatable bonds is 5. The third-order valence-corrected chi connectivity index (χ3v) is 5.38. The summed E-state index contributed by atoms with van der Waals surface area (Å²) in [4.78, 5) is 19.5. The summed E-state index contributed by atoms with van der Waals surface area (Å²) in [7, 11) is 0. The van der Waals surface area contributed by atoms with E-state index in [1.165, 1.54) is 5.39 Å². The Hall–Kier alpha value is -2.82. The molecule has 4 rings (SSSR count). The van der Waals surface area contributed by atoms with Crippen molar-refractivity contribution in [3.63, 3.8) is 0 Å². The second-order valence-electron chi connectivity index (χ2n) is 8.02. The number of carbonyl (C=O) groups excluding carboxylic acids is 1. The molecule has 0 N–H and O–H groups in total. The van der Waals surface area contributed by atoms with E-state index in [2.05, 4.69) is 53.2 Å². The fourth-order valence-electron chi connectivity index (χ4n) is 4.00. The number of hydrogen-bond donors (Lipinski definition) is 0. The van der Waals surface area contributed by atoms with E-state index in [0.717, 1.165) is 36.0 Å². The first-order chi connectivity index (χ1) is 13.6. The molecule has 1 atom stereocenters. The number of piperidine rings is 1. The minimum absolute atomic E-state index is 0.0703. The molecule has 1 aromatic heterocycles. The van der Waals surface area contributed by atoms with Crippen molar-refractivity contribution in [1.82, 2.24) is 15.2 Å². The van der Waals surface area contributed by atoms with E-state index < -0.39 is 0 Å². The molecule has 28 heavy (non-hydrogen) atoms. The van der Waals surface area contributed by atoms with Crippen molar-refractivity contribution in [1.29, 1.82) is 0 Å².